The number of hydrogen-bond acceptors (Lipinski definition) is 9. The molecular weight excluding hydrogens is 504 g/mol. The van der Waals surface area contributed by atoms with Gasteiger partial charge in [0.05, 0.1) is 12.0 Å². The third kappa shape index (κ3) is 7.44. The first-order valence-corrected chi connectivity index (χ1v) is 13.5. The highest BCUT2D eigenvalue weighted by molar-refractivity contribution is 5.94. The molecule has 1 fully saturated rings. The summed E-state index contributed by atoms with van der Waals surface area (Å²) >= 11 is 0. The van der Waals surface area contributed by atoms with Crippen LogP contribution < -0.4 is 0 Å². The Morgan fingerprint density at radius 3 is 2.13 bits per heavy atom. The predicted octanol–water partition coefficient (Wildman–Crippen LogP) is 4.17. The van der Waals surface area contributed by atoms with Gasteiger partial charge in [-0.05, 0) is 31.3 Å². The van der Waals surface area contributed by atoms with E-state index in [4.69, 9.17) is 18.9 Å². The van der Waals surface area contributed by atoms with E-state index in [0.29, 0.717) is 6.61 Å². The number of hydrogen-bond donors (Lipinski definition) is 0. The van der Waals surface area contributed by atoms with E-state index in [2.05, 4.69) is 6.58 Å². The Morgan fingerprint density at radius 1 is 1.03 bits per heavy atom. The highest BCUT2D eigenvalue weighted by Crippen LogP contribution is 2.50. The molecule has 7 atom stereocenters. The van der Waals surface area contributed by atoms with Crippen molar-refractivity contribution in [1.29, 1.82) is 0 Å². The molecule has 0 aliphatic heterocycles. The van der Waals surface area contributed by atoms with Crippen LogP contribution in [0, 0.1) is 29.1 Å². The zero-order valence-corrected chi connectivity index (χ0v) is 24.7. The predicted molar refractivity (Wildman–Crippen MR) is 143 cm³/mol. The number of esters is 3. The number of ether oxygens (including phenoxy) is 4. The fourth-order valence-electron chi connectivity index (χ4n) is 5.56. The summed E-state index contributed by atoms with van der Waals surface area (Å²) in [6, 6.07) is 0. The maximum absolute atomic E-state index is 14.2. The van der Waals surface area contributed by atoms with Crippen LogP contribution >= 0.6 is 0 Å². The summed E-state index contributed by atoms with van der Waals surface area (Å²) in [5.74, 6) is -4.81. The standard InChI is InChI=1S/C30H44O9/c1-16(2)15-36-23-13-24(34)29(9,10)12-11-17(3)28(35)30(39-22(8)33)14-18(4)26(37-20(6)31)25(30)27(19(23)5)38-21(7)32/h11-12,16-18,23,25-27H,5,13-15H2,1-4,6-10H3/b12-11-/t17-,18+,23-,25-,26+,27+,30-/m1/s1. The number of ketones is 2. The van der Waals surface area contributed by atoms with Crippen molar-refractivity contribution in [2.24, 2.45) is 29.1 Å². The number of rotatable bonds is 6. The molecule has 39 heavy (non-hydrogen) atoms. The van der Waals surface area contributed by atoms with Gasteiger partial charge in [-0.3, -0.25) is 24.0 Å². The van der Waals surface area contributed by atoms with Crippen LogP contribution in [0.15, 0.2) is 24.3 Å². The van der Waals surface area contributed by atoms with Crippen LogP contribution in [0.4, 0.5) is 0 Å². The molecule has 0 aromatic heterocycles. The lowest BCUT2D eigenvalue weighted by Crippen LogP contribution is -2.57. The first-order chi connectivity index (χ1) is 17.9. The molecular formula is C30H44O9. The lowest BCUT2D eigenvalue weighted by Gasteiger charge is -2.42. The van der Waals surface area contributed by atoms with Gasteiger partial charge in [0, 0.05) is 51.6 Å². The molecule has 1 saturated carbocycles. The largest absolute Gasteiger partial charge is 0.462 e. The quantitative estimate of drug-likeness (QED) is 0.273. The summed E-state index contributed by atoms with van der Waals surface area (Å²) in [4.78, 5) is 64.9. The molecule has 0 amide bonds. The first kappa shape index (κ1) is 32.4. The van der Waals surface area contributed by atoms with E-state index < -0.39 is 70.8 Å². The van der Waals surface area contributed by atoms with Crippen molar-refractivity contribution in [3.63, 3.8) is 0 Å². The normalized spacial score (nSPS) is 33.9. The fraction of sp³-hybridized carbons (Fsp3) is 0.700. The molecule has 218 valence electrons. The minimum Gasteiger partial charge on any atom is -0.462 e. The average Bonchev–Trinajstić information content (AvgIpc) is 3.06. The van der Waals surface area contributed by atoms with Crippen molar-refractivity contribution >= 4 is 29.5 Å². The van der Waals surface area contributed by atoms with Gasteiger partial charge in [0.15, 0.2) is 11.4 Å². The molecule has 0 heterocycles. The van der Waals surface area contributed by atoms with Gasteiger partial charge >= 0.3 is 17.9 Å². The SMILES string of the molecule is C=C1[C@H](OCC(C)C)CC(=O)C(C)(C)/C=C\[C@@H](C)C(=O)[C@@]2(OC(C)=O)C[C@H](C)[C@H](OC(C)=O)[C@@H]2[C@H]1OC(C)=O. The molecule has 0 unspecified atom stereocenters. The summed E-state index contributed by atoms with van der Waals surface area (Å²) < 4.78 is 23.6. The van der Waals surface area contributed by atoms with Crippen LogP contribution in [0.5, 0.6) is 0 Å². The second kappa shape index (κ2) is 12.6. The second-order valence-corrected chi connectivity index (χ2v) is 11.9. The van der Waals surface area contributed by atoms with Gasteiger partial charge in [-0.2, -0.15) is 0 Å². The van der Waals surface area contributed by atoms with Gasteiger partial charge in [-0.25, -0.2) is 0 Å². The van der Waals surface area contributed by atoms with E-state index in [1.165, 1.54) is 20.8 Å². The summed E-state index contributed by atoms with van der Waals surface area (Å²) in [7, 11) is 0. The van der Waals surface area contributed by atoms with Gasteiger partial charge in [-0.15, -0.1) is 0 Å². The number of fused-ring (bicyclic) bond motifs is 1. The van der Waals surface area contributed by atoms with E-state index in [-0.39, 0.29) is 30.1 Å². The van der Waals surface area contributed by atoms with Crippen molar-refractivity contribution in [3.05, 3.63) is 24.3 Å². The van der Waals surface area contributed by atoms with Crippen LogP contribution in [0.1, 0.15) is 75.2 Å². The summed E-state index contributed by atoms with van der Waals surface area (Å²) in [6.45, 7) is 19.0. The lowest BCUT2D eigenvalue weighted by atomic mass is 9.73. The Balaban J connectivity index is 2.91. The maximum Gasteiger partial charge on any atom is 0.303 e. The highest BCUT2D eigenvalue weighted by atomic mass is 16.6. The molecule has 2 aliphatic carbocycles. The third-order valence-corrected chi connectivity index (χ3v) is 7.46. The Kier molecular flexibility index (Phi) is 10.4. The van der Waals surface area contributed by atoms with E-state index in [1.807, 2.05) is 13.8 Å². The monoisotopic (exact) mass is 548 g/mol. The van der Waals surface area contributed by atoms with Crippen molar-refractivity contribution in [1.82, 2.24) is 0 Å². The van der Waals surface area contributed by atoms with E-state index in [9.17, 15) is 24.0 Å². The third-order valence-electron chi connectivity index (χ3n) is 7.46. The smallest absolute Gasteiger partial charge is 0.303 e. The summed E-state index contributed by atoms with van der Waals surface area (Å²) in [5, 5.41) is 0. The molecule has 2 aliphatic rings. The molecule has 9 heteroatoms. The molecule has 0 spiro atoms. The molecule has 2 rings (SSSR count). The second-order valence-electron chi connectivity index (χ2n) is 11.9. The topological polar surface area (TPSA) is 122 Å². The molecule has 0 saturated heterocycles. The average molecular weight is 549 g/mol. The fourth-order valence-corrected chi connectivity index (χ4v) is 5.56. The molecule has 0 aromatic carbocycles. The van der Waals surface area contributed by atoms with Gasteiger partial charge in [0.1, 0.15) is 18.0 Å². The van der Waals surface area contributed by atoms with E-state index in [0.717, 1.165) is 0 Å². The molecule has 0 radical (unpaired) electrons. The molecule has 0 aromatic rings. The summed E-state index contributed by atoms with van der Waals surface area (Å²) in [5.41, 5.74) is -2.51. The maximum atomic E-state index is 14.2. The van der Waals surface area contributed by atoms with Crippen molar-refractivity contribution in [3.8, 4) is 0 Å². The number of allylic oxidation sites excluding steroid dienone is 2. The van der Waals surface area contributed by atoms with Gasteiger partial charge in [0.25, 0.3) is 0 Å². The van der Waals surface area contributed by atoms with Crippen LogP contribution in [0.25, 0.3) is 0 Å². The lowest BCUT2D eigenvalue weighted by molar-refractivity contribution is -0.185. The zero-order chi connectivity index (χ0) is 29.9. The molecule has 0 bridgehead atoms. The Morgan fingerprint density at radius 2 is 1.62 bits per heavy atom. The van der Waals surface area contributed by atoms with Crippen LogP contribution in [-0.4, -0.2) is 60.0 Å². The zero-order valence-electron chi connectivity index (χ0n) is 24.7. The number of carbonyl (C=O) groups is 5. The van der Waals surface area contributed by atoms with Crippen molar-refractivity contribution in [2.75, 3.05) is 6.61 Å². The van der Waals surface area contributed by atoms with Gasteiger partial charge < -0.3 is 18.9 Å². The number of carbonyl (C=O) groups excluding carboxylic acids is 5. The van der Waals surface area contributed by atoms with Crippen molar-refractivity contribution in [2.45, 2.75) is 99.1 Å². The van der Waals surface area contributed by atoms with Crippen LogP contribution in [0.3, 0.4) is 0 Å². The Hall–Kier alpha value is -2.81. The van der Waals surface area contributed by atoms with Gasteiger partial charge in [0.2, 0.25) is 0 Å². The molecule has 9 nitrogen and oxygen atoms in total. The Bertz CT molecular complexity index is 1020. The summed E-state index contributed by atoms with van der Waals surface area (Å²) in [6.07, 6.45) is 0.193. The van der Waals surface area contributed by atoms with Crippen molar-refractivity contribution < 1.29 is 42.9 Å². The number of Topliss-reactive ketones (excluding diaryl/α,β-unsaturated/α-hetero) is 2. The Labute approximate surface area is 231 Å². The minimum atomic E-state index is -1.80. The molecule has 0 N–H and O–H groups in total. The van der Waals surface area contributed by atoms with E-state index >= 15 is 0 Å². The highest BCUT2D eigenvalue weighted by Gasteiger charge is 2.65. The van der Waals surface area contributed by atoms with Crippen LogP contribution in [-0.2, 0) is 42.9 Å². The minimum absolute atomic E-state index is 0.0388. The van der Waals surface area contributed by atoms with Crippen LogP contribution in [0.2, 0.25) is 0 Å². The first-order valence-electron chi connectivity index (χ1n) is 13.5. The van der Waals surface area contributed by atoms with Gasteiger partial charge in [-0.1, -0.05) is 46.4 Å². The van der Waals surface area contributed by atoms with E-state index in [1.54, 1.807) is 39.8 Å².